The van der Waals surface area contributed by atoms with Gasteiger partial charge in [0.15, 0.2) is 0 Å². The second-order valence-corrected chi connectivity index (χ2v) is 6.41. The number of esters is 1. The summed E-state index contributed by atoms with van der Waals surface area (Å²) in [6.45, 7) is 4.83. The minimum atomic E-state index is -4.55. The van der Waals surface area contributed by atoms with E-state index in [0.29, 0.717) is 6.07 Å². The van der Waals surface area contributed by atoms with E-state index in [-0.39, 0.29) is 5.56 Å². The van der Waals surface area contributed by atoms with Crippen LogP contribution in [0.1, 0.15) is 41.5 Å². The number of carbonyl (C=O) groups is 2. The lowest BCUT2D eigenvalue weighted by molar-refractivity contribution is 0.00656. The number of carboxylic acid groups (broad SMARTS) is 1. The van der Waals surface area contributed by atoms with Crippen molar-refractivity contribution in [3.8, 4) is 0 Å². The molecule has 1 rings (SSSR count). The third-order valence-corrected chi connectivity index (χ3v) is 2.99. The van der Waals surface area contributed by atoms with Crippen LogP contribution in [0.3, 0.4) is 0 Å². The molecule has 0 spiro atoms. The minimum absolute atomic E-state index is 0.292. The molecule has 0 atom stereocenters. The van der Waals surface area contributed by atoms with Gasteiger partial charge in [0.1, 0.15) is 5.60 Å². The summed E-state index contributed by atoms with van der Waals surface area (Å²) in [4.78, 5) is 22.3. The van der Waals surface area contributed by atoms with Crippen molar-refractivity contribution in [1.29, 1.82) is 0 Å². The molecule has 0 unspecified atom stereocenters. The van der Waals surface area contributed by atoms with Gasteiger partial charge in [-0.2, -0.15) is 8.42 Å². The Hall–Kier alpha value is -1.93. The van der Waals surface area contributed by atoms with Crippen LogP contribution in [0, 0.1) is 0 Å². The van der Waals surface area contributed by atoms with Crippen molar-refractivity contribution in [3.05, 3.63) is 29.3 Å². The van der Waals surface area contributed by atoms with Crippen LogP contribution in [0.4, 0.5) is 0 Å². The Morgan fingerprint density at radius 2 is 1.70 bits per heavy atom. The first kappa shape index (κ1) is 16.1. The number of carbonyl (C=O) groups excluding carboxylic acids is 1. The summed E-state index contributed by atoms with van der Waals surface area (Å²) in [5.41, 5.74) is -1.68. The fraction of sp³-hybridized carbons (Fsp3) is 0.333. The van der Waals surface area contributed by atoms with Gasteiger partial charge in [0.25, 0.3) is 10.1 Å². The smallest absolute Gasteiger partial charge is 0.339 e. The highest BCUT2D eigenvalue weighted by molar-refractivity contribution is 7.85. The molecule has 0 amide bonds. The number of aromatic carboxylic acids is 1. The van der Waals surface area contributed by atoms with E-state index in [1.807, 2.05) is 0 Å². The van der Waals surface area contributed by atoms with Crippen LogP contribution < -0.4 is 0 Å². The van der Waals surface area contributed by atoms with Gasteiger partial charge in [0.2, 0.25) is 0 Å². The Labute approximate surface area is 115 Å². The molecule has 0 aliphatic rings. The van der Waals surface area contributed by atoms with Crippen molar-refractivity contribution in [3.63, 3.8) is 0 Å². The average Bonchev–Trinajstić information content (AvgIpc) is 2.24. The van der Waals surface area contributed by atoms with Gasteiger partial charge in [-0.05, 0) is 39.0 Å². The standard InChI is InChI=1S/C12H14O7S/c1-12(2,3)19-11(15)8-5-4-7(20(16,17)18)6-9(8)10(13)14/h4-6H,1-3H3,(H,13,14)(H,16,17,18). The molecule has 0 aliphatic heterocycles. The molecule has 0 bridgehead atoms. The van der Waals surface area contributed by atoms with Gasteiger partial charge in [-0.25, -0.2) is 9.59 Å². The zero-order valence-corrected chi connectivity index (χ0v) is 11.9. The quantitative estimate of drug-likeness (QED) is 0.642. The van der Waals surface area contributed by atoms with Crippen molar-refractivity contribution in [2.24, 2.45) is 0 Å². The van der Waals surface area contributed by atoms with Crippen LogP contribution in [0.25, 0.3) is 0 Å². The van der Waals surface area contributed by atoms with Gasteiger partial charge in [-0.3, -0.25) is 4.55 Å². The predicted octanol–water partition coefficient (Wildman–Crippen LogP) is 1.59. The lowest BCUT2D eigenvalue weighted by Crippen LogP contribution is -2.25. The van der Waals surface area contributed by atoms with Crippen molar-refractivity contribution >= 4 is 22.1 Å². The van der Waals surface area contributed by atoms with E-state index in [2.05, 4.69) is 0 Å². The fourth-order valence-electron chi connectivity index (χ4n) is 1.37. The molecular weight excluding hydrogens is 288 g/mol. The lowest BCUT2D eigenvalue weighted by atomic mass is 10.1. The van der Waals surface area contributed by atoms with E-state index in [1.54, 1.807) is 20.8 Å². The molecule has 0 radical (unpaired) electrons. The molecule has 0 heterocycles. The molecule has 0 aliphatic carbocycles. The van der Waals surface area contributed by atoms with E-state index in [1.165, 1.54) is 0 Å². The first-order valence-electron chi connectivity index (χ1n) is 5.50. The van der Waals surface area contributed by atoms with E-state index in [4.69, 9.17) is 14.4 Å². The maximum Gasteiger partial charge on any atom is 0.339 e. The Morgan fingerprint density at radius 3 is 2.10 bits per heavy atom. The molecule has 0 saturated carbocycles. The minimum Gasteiger partial charge on any atom is -0.478 e. The summed E-state index contributed by atoms with van der Waals surface area (Å²) >= 11 is 0. The van der Waals surface area contributed by atoms with Gasteiger partial charge in [-0.1, -0.05) is 0 Å². The number of hydrogen-bond donors (Lipinski definition) is 2. The number of rotatable bonds is 3. The van der Waals surface area contributed by atoms with Crippen LogP contribution in [-0.4, -0.2) is 35.6 Å². The first-order chi connectivity index (χ1) is 8.92. The summed E-state index contributed by atoms with van der Waals surface area (Å²) in [7, 11) is -4.55. The van der Waals surface area contributed by atoms with Crippen LogP contribution in [-0.2, 0) is 14.9 Å². The SMILES string of the molecule is CC(C)(C)OC(=O)c1ccc(S(=O)(=O)O)cc1C(=O)O. The number of benzene rings is 1. The summed E-state index contributed by atoms with van der Waals surface area (Å²) in [5.74, 6) is -2.40. The third kappa shape index (κ3) is 4.04. The molecule has 110 valence electrons. The van der Waals surface area contributed by atoms with Gasteiger partial charge in [-0.15, -0.1) is 0 Å². The zero-order valence-electron chi connectivity index (χ0n) is 11.1. The summed E-state index contributed by atoms with van der Waals surface area (Å²) < 4.78 is 35.8. The molecule has 0 fully saturated rings. The topological polar surface area (TPSA) is 118 Å². The van der Waals surface area contributed by atoms with E-state index in [0.717, 1.165) is 12.1 Å². The number of ether oxygens (including phenoxy) is 1. The van der Waals surface area contributed by atoms with E-state index >= 15 is 0 Å². The lowest BCUT2D eigenvalue weighted by Gasteiger charge is -2.20. The third-order valence-electron chi connectivity index (χ3n) is 2.14. The summed E-state index contributed by atoms with van der Waals surface area (Å²) in [6.07, 6.45) is 0. The Morgan fingerprint density at radius 1 is 1.15 bits per heavy atom. The van der Waals surface area contributed by atoms with Crippen LogP contribution in [0.5, 0.6) is 0 Å². The molecule has 0 aromatic heterocycles. The van der Waals surface area contributed by atoms with E-state index < -0.39 is 38.1 Å². The van der Waals surface area contributed by atoms with Gasteiger partial charge in [0, 0.05) is 0 Å². The van der Waals surface area contributed by atoms with Crippen LogP contribution >= 0.6 is 0 Å². The van der Waals surface area contributed by atoms with Gasteiger partial charge < -0.3 is 9.84 Å². The Kier molecular flexibility index (Phi) is 4.21. The number of hydrogen-bond acceptors (Lipinski definition) is 5. The molecule has 1 aromatic rings. The van der Waals surface area contributed by atoms with Crippen molar-refractivity contribution in [2.45, 2.75) is 31.3 Å². The maximum atomic E-state index is 11.8. The monoisotopic (exact) mass is 302 g/mol. The second kappa shape index (κ2) is 5.22. The highest BCUT2D eigenvalue weighted by Crippen LogP contribution is 2.19. The fourth-order valence-corrected chi connectivity index (χ4v) is 1.88. The largest absolute Gasteiger partial charge is 0.478 e. The second-order valence-electron chi connectivity index (χ2n) is 4.99. The molecule has 2 N–H and O–H groups in total. The predicted molar refractivity (Wildman–Crippen MR) is 68.4 cm³/mol. The molecule has 8 heteroatoms. The van der Waals surface area contributed by atoms with Crippen LogP contribution in [0.2, 0.25) is 0 Å². The molecule has 1 aromatic carbocycles. The zero-order chi connectivity index (χ0) is 15.7. The average molecular weight is 302 g/mol. The summed E-state index contributed by atoms with van der Waals surface area (Å²) in [5, 5.41) is 9.02. The number of carboxylic acids is 1. The molecular formula is C12H14O7S. The van der Waals surface area contributed by atoms with Gasteiger partial charge in [0.05, 0.1) is 16.0 Å². The summed E-state index contributed by atoms with van der Waals surface area (Å²) in [6, 6.07) is 2.62. The van der Waals surface area contributed by atoms with Crippen molar-refractivity contribution in [1.82, 2.24) is 0 Å². The Bertz CT molecular complexity index is 653. The Balaban J connectivity index is 3.35. The molecule has 0 saturated heterocycles. The molecule has 7 nitrogen and oxygen atoms in total. The van der Waals surface area contributed by atoms with E-state index in [9.17, 15) is 18.0 Å². The van der Waals surface area contributed by atoms with Crippen molar-refractivity contribution in [2.75, 3.05) is 0 Å². The van der Waals surface area contributed by atoms with Gasteiger partial charge >= 0.3 is 11.9 Å². The highest BCUT2D eigenvalue weighted by Gasteiger charge is 2.24. The normalized spacial score (nSPS) is 12.0. The van der Waals surface area contributed by atoms with Crippen molar-refractivity contribution < 1.29 is 32.4 Å². The maximum absolute atomic E-state index is 11.8. The highest BCUT2D eigenvalue weighted by atomic mass is 32.2. The van der Waals surface area contributed by atoms with Crippen LogP contribution in [0.15, 0.2) is 23.1 Å². The molecule has 20 heavy (non-hydrogen) atoms. The first-order valence-corrected chi connectivity index (χ1v) is 6.94.